The lowest BCUT2D eigenvalue weighted by atomic mass is 10.3. The first kappa shape index (κ1) is 11.8. The molecule has 0 aromatic carbocycles. The minimum atomic E-state index is -4.04. The SMILES string of the molecule is Cn1nnc(CNCC(F)(F)C(F)F)n1. The Labute approximate surface area is 82.5 Å². The fourth-order valence-corrected chi connectivity index (χ4v) is 0.812. The van der Waals surface area contributed by atoms with E-state index in [0.717, 1.165) is 4.80 Å². The topological polar surface area (TPSA) is 55.6 Å². The fraction of sp³-hybridized carbons (Fsp3) is 0.833. The van der Waals surface area contributed by atoms with Crippen molar-refractivity contribution in [2.75, 3.05) is 6.54 Å². The molecule has 9 heteroatoms. The summed E-state index contributed by atoms with van der Waals surface area (Å²) in [4.78, 5) is 1.14. The van der Waals surface area contributed by atoms with E-state index in [-0.39, 0.29) is 12.4 Å². The number of alkyl halides is 4. The number of tetrazole rings is 1. The molecule has 5 nitrogen and oxygen atoms in total. The average molecular weight is 227 g/mol. The molecule has 1 aromatic rings. The number of aromatic nitrogens is 4. The predicted molar refractivity (Wildman–Crippen MR) is 41.5 cm³/mol. The summed E-state index contributed by atoms with van der Waals surface area (Å²) in [6.07, 6.45) is -3.68. The maximum atomic E-state index is 12.4. The number of hydrogen-bond donors (Lipinski definition) is 1. The van der Waals surface area contributed by atoms with Gasteiger partial charge < -0.3 is 5.32 Å². The van der Waals surface area contributed by atoms with E-state index in [1.54, 1.807) is 0 Å². The van der Waals surface area contributed by atoms with Gasteiger partial charge in [-0.3, -0.25) is 0 Å². The highest BCUT2D eigenvalue weighted by Gasteiger charge is 2.40. The molecule has 0 unspecified atom stereocenters. The van der Waals surface area contributed by atoms with Crippen molar-refractivity contribution < 1.29 is 17.6 Å². The number of rotatable bonds is 5. The summed E-state index contributed by atoms with van der Waals surface area (Å²) in [6, 6.07) is 0. The van der Waals surface area contributed by atoms with Crippen LogP contribution in [0, 0.1) is 0 Å². The predicted octanol–water partition coefficient (Wildman–Crippen LogP) is 0.200. The van der Waals surface area contributed by atoms with Crippen LogP contribution in [0.5, 0.6) is 0 Å². The Bertz CT molecular complexity index is 312. The van der Waals surface area contributed by atoms with Crippen molar-refractivity contribution in [3.8, 4) is 0 Å². The lowest BCUT2D eigenvalue weighted by molar-refractivity contribution is -0.125. The van der Waals surface area contributed by atoms with Gasteiger partial charge in [0.15, 0.2) is 5.82 Å². The molecule has 0 saturated heterocycles. The van der Waals surface area contributed by atoms with Crippen molar-refractivity contribution in [2.45, 2.75) is 18.9 Å². The van der Waals surface area contributed by atoms with Crippen LogP contribution in [0.15, 0.2) is 0 Å². The van der Waals surface area contributed by atoms with Crippen molar-refractivity contribution in [1.82, 2.24) is 25.5 Å². The Morgan fingerprint density at radius 2 is 2.13 bits per heavy atom. The maximum absolute atomic E-state index is 12.4. The van der Waals surface area contributed by atoms with Gasteiger partial charge in [-0.25, -0.2) is 8.78 Å². The average Bonchev–Trinajstić information content (AvgIpc) is 2.51. The second-order valence-corrected chi connectivity index (χ2v) is 2.86. The molecule has 0 radical (unpaired) electrons. The van der Waals surface area contributed by atoms with Crippen LogP contribution in [-0.4, -0.2) is 39.1 Å². The molecule has 0 aliphatic heterocycles. The molecule has 86 valence electrons. The molecular weight excluding hydrogens is 218 g/mol. The van der Waals surface area contributed by atoms with Gasteiger partial charge in [0.25, 0.3) is 0 Å². The molecule has 1 rings (SSSR count). The van der Waals surface area contributed by atoms with Crippen molar-refractivity contribution in [1.29, 1.82) is 0 Å². The van der Waals surface area contributed by atoms with E-state index in [4.69, 9.17) is 0 Å². The van der Waals surface area contributed by atoms with Gasteiger partial charge in [-0.05, 0) is 5.21 Å². The highest BCUT2D eigenvalue weighted by Crippen LogP contribution is 2.21. The van der Waals surface area contributed by atoms with Gasteiger partial charge in [0.05, 0.1) is 20.1 Å². The van der Waals surface area contributed by atoms with Gasteiger partial charge in [-0.1, -0.05) is 0 Å². The zero-order valence-electron chi connectivity index (χ0n) is 7.79. The zero-order valence-corrected chi connectivity index (χ0v) is 7.79. The third-order valence-electron chi connectivity index (χ3n) is 1.51. The smallest absolute Gasteiger partial charge is 0.304 e. The largest absolute Gasteiger partial charge is 0.319 e. The molecule has 0 bridgehead atoms. The Morgan fingerprint density at radius 3 is 2.60 bits per heavy atom. The van der Waals surface area contributed by atoms with E-state index < -0.39 is 18.9 Å². The Morgan fingerprint density at radius 1 is 1.47 bits per heavy atom. The van der Waals surface area contributed by atoms with Crippen LogP contribution < -0.4 is 5.32 Å². The van der Waals surface area contributed by atoms with Crippen molar-refractivity contribution in [2.24, 2.45) is 7.05 Å². The third-order valence-corrected chi connectivity index (χ3v) is 1.51. The fourth-order valence-electron chi connectivity index (χ4n) is 0.812. The van der Waals surface area contributed by atoms with Crippen molar-refractivity contribution >= 4 is 0 Å². The first-order valence-electron chi connectivity index (χ1n) is 4.01. The third kappa shape index (κ3) is 3.42. The standard InChI is InChI=1S/C6H9F4N5/c1-15-13-4(12-14-15)2-11-3-6(9,10)5(7)8/h5,11H,2-3H2,1H3. The highest BCUT2D eigenvalue weighted by molar-refractivity contribution is 4.78. The number of halogens is 4. The van der Waals surface area contributed by atoms with Crippen LogP contribution >= 0.6 is 0 Å². The normalized spacial score (nSPS) is 12.4. The van der Waals surface area contributed by atoms with Crippen LogP contribution in [-0.2, 0) is 13.6 Å². The van der Waals surface area contributed by atoms with Crippen LogP contribution in [0.2, 0.25) is 0 Å². The number of nitrogens with one attached hydrogen (secondary N) is 1. The van der Waals surface area contributed by atoms with Crippen LogP contribution in [0.4, 0.5) is 17.6 Å². The molecule has 0 saturated carbocycles. The van der Waals surface area contributed by atoms with E-state index in [1.807, 2.05) is 0 Å². The van der Waals surface area contributed by atoms with Gasteiger partial charge in [-0.15, -0.1) is 10.2 Å². The molecule has 0 fully saturated rings. The summed E-state index contributed by atoms with van der Waals surface area (Å²) in [5.41, 5.74) is 0. The molecular formula is C6H9F4N5. The Hall–Kier alpha value is -1.25. The van der Waals surface area contributed by atoms with Crippen LogP contribution in [0.1, 0.15) is 5.82 Å². The first-order valence-corrected chi connectivity index (χ1v) is 4.01. The van der Waals surface area contributed by atoms with E-state index in [1.165, 1.54) is 7.05 Å². The van der Waals surface area contributed by atoms with E-state index in [2.05, 4.69) is 20.7 Å². The molecule has 1 aromatic heterocycles. The summed E-state index contributed by atoms with van der Waals surface area (Å²) >= 11 is 0. The Kier molecular flexibility index (Phi) is 3.56. The first-order chi connectivity index (χ1) is 6.92. The van der Waals surface area contributed by atoms with Gasteiger partial charge in [0.2, 0.25) is 0 Å². The Balaban J connectivity index is 2.33. The van der Waals surface area contributed by atoms with E-state index in [9.17, 15) is 17.6 Å². The lowest BCUT2D eigenvalue weighted by Gasteiger charge is -2.14. The summed E-state index contributed by atoms with van der Waals surface area (Å²) in [5.74, 6) is -3.87. The van der Waals surface area contributed by atoms with Crippen molar-refractivity contribution in [3.05, 3.63) is 5.82 Å². The molecule has 0 amide bonds. The molecule has 0 spiro atoms. The van der Waals surface area contributed by atoms with Crippen LogP contribution in [0.25, 0.3) is 0 Å². The van der Waals surface area contributed by atoms with Gasteiger partial charge in [0, 0.05) is 0 Å². The zero-order chi connectivity index (χ0) is 11.5. The van der Waals surface area contributed by atoms with Gasteiger partial charge in [0.1, 0.15) is 0 Å². The molecule has 1 heterocycles. The monoisotopic (exact) mass is 227 g/mol. The van der Waals surface area contributed by atoms with Crippen molar-refractivity contribution in [3.63, 3.8) is 0 Å². The minimum absolute atomic E-state index is 0.129. The second kappa shape index (κ2) is 4.51. The summed E-state index contributed by atoms with van der Waals surface area (Å²) < 4.78 is 48.2. The number of aryl methyl sites for hydroxylation is 1. The lowest BCUT2D eigenvalue weighted by Crippen LogP contribution is -2.38. The van der Waals surface area contributed by atoms with E-state index >= 15 is 0 Å². The minimum Gasteiger partial charge on any atom is -0.304 e. The number of hydrogen-bond acceptors (Lipinski definition) is 4. The number of nitrogens with zero attached hydrogens (tertiary/aromatic N) is 4. The summed E-state index contributed by atoms with van der Waals surface area (Å²) in [6.45, 7) is -1.25. The molecule has 1 N–H and O–H groups in total. The second-order valence-electron chi connectivity index (χ2n) is 2.86. The quantitative estimate of drug-likeness (QED) is 0.730. The van der Waals surface area contributed by atoms with Crippen LogP contribution in [0.3, 0.4) is 0 Å². The maximum Gasteiger partial charge on any atom is 0.319 e. The molecule has 0 aliphatic rings. The van der Waals surface area contributed by atoms with Gasteiger partial charge >= 0.3 is 12.3 Å². The summed E-state index contributed by atoms with van der Waals surface area (Å²) in [5, 5.41) is 12.7. The molecule has 0 atom stereocenters. The molecule has 15 heavy (non-hydrogen) atoms. The molecule has 0 aliphatic carbocycles. The van der Waals surface area contributed by atoms with E-state index in [0.29, 0.717) is 0 Å². The highest BCUT2D eigenvalue weighted by atomic mass is 19.3. The summed E-state index contributed by atoms with van der Waals surface area (Å²) in [7, 11) is 1.50. The van der Waals surface area contributed by atoms with Gasteiger partial charge in [-0.2, -0.15) is 13.6 Å².